The third-order valence-corrected chi connectivity index (χ3v) is 2.77. The van der Waals surface area contributed by atoms with Gasteiger partial charge in [0, 0.05) is 16.3 Å². The first-order chi connectivity index (χ1) is 9.24. The molecule has 2 rings (SSSR count). The standard InChI is InChI=1S/C15H16O2.N2/c1-11-4-6-12(7-5-11)14-10-13(16-2)8-9-15(14)17-3;1-2/h4-10H,1-3H3;. The Morgan fingerprint density at radius 2 is 1.47 bits per heavy atom. The number of aryl methyl sites for hydroxylation is 1. The predicted molar refractivity (Wildman–Crippen MR) is 73.2 cm³/mol. The first-order valence-electron chi connectivity index (χ1n) is 5.73. The third kappa shape index (κ3) is 3.46. The Bertz CT molecular complexity index is 548. The molecule has 98 valence electrons. The molecule has 0 radical (unpaired) electrons. The Labute approximate surface area is 113 Å². The molecule has 0 heterocycles. The fourth-order valence-corrected chi connectivity index (χ4v) is 1.77. The number of nitrogens with zero attached hydrogens (tertiary/aromatic N) is 2. The van der Waals surface area contributed by atoms with E-state index >= 15 is 0 Å². The van der Waals surface area contributed by atoms with Crippen molar-refractivity contribution in [3.05, 3.63) is 48.0 Å². The van der Waals surface area contributed by atoms with Crippen LogP contribution < -0.4 is 9.47 Å². The summed E-state index contributed by atoms with van der Waals surface area (Å²) in [5, 5.41) is 12.0. The van der Waals surface area contributed by atoms with Gasteiger partial charge in [-0.1, -0.05) is 29.8 Å². The molecule has 0 bridgehead atoms. The Balaban J connectivity index is 0.000000861. The second kappa shape index (κ2) is 7.02. The van der Waals surface area contributed by atoms with Gasteiger partial charge in [0.2, 0.25) is 0 Å². The van der Waals surface area contributed by atoms with E-state index in [1.165, 1.54) is 5.56 Å². The summed E-state index contributed by atoms with van der Waals surface area (Å²) in [7, 11) is 3.35. The molecule has 0 aliphatic rings. The van der Waals surface area contributed by atoms with Gasteiger partial charge in [-0.15, -0.1) is 0 Å². The molecule has 0 amide bonds. The highest BCUT2D eigenvalue weighted by molar-refractivity contribution is 5.72. The highest BCUT2D eigenvalue weighted by Gasteiger charge is 2.07. The van der Waals surface area contributed by atoms with Crippen molar-refractivity contribution < 1.29 is 9.47 Å². The number of benzene rings is 2. The SMILES string of the molecule is COc1ccc(OC)c(-c2ccc(C)cc2)c1.N#N. The van der Waals surface area contributed by atoms with Crippen LogP contribution in [-0.4, -0.2) is 14.2 Å². The number of rotatable bonds is 3. The van der Waals surface area contributed by atoms with Crippen molar-refractivity contribution in [1.82, 2.24) is 0 Å². The Morgan fingerprint density at radius 3 is 2.00 bits per heavy atom. The van der Waals surface area contributed by atoms with Gasteiger partial charge in [0.05, 0.1) is 14.2 Å². The van der Waals surface area contributed by atoms with E-state index in [1.54, 1.807) is 14.2 Å². The molecule has 0 N–H and O–H groups in total. The zero-order chi connectivity index (χ0) is 14.3. The molecule has 0 saturated carbocycles. The van der Waals surface area contributed by atoms with Crippen LogP contribution >= 0.6 is 0 Å². The molecule has 2 aromatic carbocycles. The quantitative estimate of drug-likeness (QED) is 0.785. The summed E-state index contributed by atoms with van der Waals surface area (Å²) < 4.78 is 10.6. The summed E-state index contributed by atoms with van der Waals surface area (Å²) in [5.41, 5.74) is 3.42. The third-order valence-electron chi connectivity index (χ3n) is 2.77. The van der Waals surface area contributed by atoms with Crippen molar-refractivity contribution in [2.24, 2.45) is 0 Å². The monoisotopic (exact) mass is 256 g/mol. The van der Waals surface area contributed by atoms with Gasteiger partial charge in [0.15, 0.2) is 0 Å². The van der Waals surface area contributed by atoms with Crippen LogP contribution in [0.5, 0.6) is 11.5 Å². The van der Waals surface area contributed by atoms with Crippen LogP contribution in [0.1, 0.15) is 5.56 Å². The second-order valence-electron chi connectivity index (χ2n) is 3.93. The molecule has 0 unspecified atom stereocenters. The maximum atomic E-state index is 6.00. The fourth-order valence-electron chi connectivity index (χ4n) is 1.77. The zero-order valence-electron chi connectivity index (χ0n) is 11.3. The second-order valence-corrected chi connectivity index (χ2v) is 3.93. The summed E-state index contributed by atoms with van der Waals surface area (Å²) in [4.78, 5) is 0. The first kappa shape index (κ1) is 14.5. The van der Waals surface area contributed by atoms with E-state index in [2.05, 4.69) is 31.2 Å². The Morgan fingerprint density at radius 1 is 0.842 bits per heavy atom. The minimum absolute atomic E-state index is 0.835. The molecule has 0 atom stereocenters. The molecule has 2 aromatic rings. The molecular weight excluding hydrogens is 240 g/mol. The van der Waals surface area contributed by atoms with Crippen molar-refractivity contribution in [1.29, 1.82) is 10.8 Å². The normalized spacial score (nSPS) is 9.11. The van der Waals surface area contributed by atoms with E-state index in [-0.39, 0.29) is 0 Å². The van der Waals surface area contributed by atoms with Gasteiger partial charge in [-0.3, -0.25) is 0 Å². The molecule has 0 fully saturated rings. The molecule has 19 heavy (non-hydrogen) atoms. The highest BCUT2D eigenvalue weighted by atomic mass is 16.5. The average molecular weight is 256 g/mol. The average Bonchev–Trinajstić information content (AvgIpc) is 2.49. The van der Waals surface area contributed by atoms with Gasteiger partial charge in [0.25, 0.3) is 0 Å². The lowest BCUT2D eigenvalue weighted by Crippen LogP contribution is -1.90. The molecular formula is C15H16N2O2. The van der Waals surface area contributed by atoms with E-state index in [4.69, 9.17) is 20.3 Å². The number of hydrogen-bond donors (Lipinski definition) is 0. The van der Waals surface area contributed by atoms with Gasteiger partial charge in [-0.2, -0.15) is 0 Å². The van der Waals surface area contributed by atoms with Crippen LogP contribution in [-0.2, 0) is 0 Å². The minimum atomic E-state index is 0.835. The zero-order valence-corrected chi connectivity index (χ0v) is 11.3. The minimum Gasteiger partial charge on any atom is -0.497 e. The molecule has 4 heteroatoms. The lowest BCUT2D eigenvalue weighted by atomic mass is 10.0. The van der Waals surface area contributed by atoms with Gasteiger partial charge < -0.3 is 9.47 Å². The summed E-state index contributed by atoms with van der Waals surface area (Å²) in [5.74, 6) is 1.69. The largest absolute Gasteiger partial charge is 0.497 e. The molecule has 0 saturated heterocycles. The molecule has 0 aromatic heterocycles. The van der Waals surface area contributed by atoms with Gasteiger partial charge >= 0.3 is 0 Å². The first-order valence-corrected chi connectivity index (χ1v) is 5.73. The van der Waals surface area contributed by atoms with Crippen LogP contribution in [0.4, 0.5) is 0 Å². The maximum Gasteiger partial charge on any atom is 0.126 e. The van der Waals surface area contributed by atoms with Crippen molar-refractivity contribution in [3.63, 3.8) is 0 Å². The van der Waals surface area contributed by atoms with E-state index in [9.17, 15) is 0 Å². The number of ether oxygens (including phenoxy) is 2. The van der Waals surface area contributed by atoms with E-state index in [1.807, 2.05) is 18.2 Å². The smallest absolute Gasteiger partial charge is 0.126 e. The Kier molecular flexibility index (Phi) is 5.36. The van der Waals surface area contributed by atoms with Crippen LogP contribution in [0.25, 0.3) is 11.1 Å². The van der Waals surface area contributed by atoms with Gasteiger partial charge in [0.1, 0.15) is 11.5 Å². The molecule has 0 spiro atoms. The van der Waals surface area contributed by atoms with E-state index in [0.29, 0.717) is 0 Å². The van der Waals surface area contributed by atoms with Crippen LogP contribution in [0, 0.1) is 17.7 Å². The maximum absolute atomic E-state index is 6.00. The van der Waals surface area contributed by atoms with Crippen molar-refractivity contribution >= 4 is 0 Å². The summed E-state index contributed by atoms with van der Waals surface area (Å²) >= 11 is 0. The summed E-state index contributed by atoms with van der Waals surface area (Å²) in [6.07, 6.45) is 0. The predicted octanol–water partition coefficient (Wildman–Crippen LogP) is 3.71. The van der Waals surface area contributed by atoms with Crippen LogP contribution in [0.2, 0.25) is 0 Å². The van der Waals surface area contributed by atoms with E-state index < -0.39 is 0 Å². The lowest BCUT2D eigenvalue weighted by molar-refractivity contribution is 0.404. The Hall–Kier alpha value is -2.54. The van der Waals surface area contributed by atoms with Crippen molar-refractivity contribution in [3.8, 4) is 22.6 Å². The molecule has 0 aliphatic heterocycles. The number of hydrogen-bond acceptors (Lipinski definition) is 4. The molecule has 4 nitrogen and oxygen atoms in total. The van der Waals surface area contributed by atoms with Crippen molar-refractivity contribution in [2.45, 2.75) is 6.92 Å². The van der Waals surface area contributed by atoms with Crippen LogP contribution in [0.3, 0.4) is 0 Å². The fraction of sp³-hybridized carbons (Fsp3) is 0.200. The molecule has 0 aliphatic carbocycles. The van der Waals surface area contributed by atoms with Gasteiger partial charge in [-0.05, 0) is 30.7 Å². The summed E-state index contributed by atoms with van der Waals surface area (Å²) in [6.45, 7) is 2.08. The van der Waals surface area contributed by atoms with Crippen LogP contribution in [0.15, 0.2) is 42.5 Å². The van der Waals surface area contributed by atoms with E-state index in [0.717, 1.165) is 22.6 Å². The highest BCUT2D eigenvalue weighted by Crippen LogP contribution is 2.33. The topological polar surface area (TPSA) is 66.0 Å². The van der Waals surface area contributed by atoms with Crippen molar-refractivity contribution in [2.75, 3.05) is 14.2 Å². The van der Waals surface area contributed by atoms with Gasteiger partial charge in [-0.25, -0.2) is 0 Å². The summed E-state index contributed by atoms with van der Waals surface area (Å²) in [6, 6.07) is 14.2. The lowest BCUT2D eigenvalue weighted by Gasteiger charge is -2.10. The number of methoxy groups -OCH3 is 2.